The van der Waals surface area contributed by atoms with Crippen molar-refractivity contribution in [3.8, 4) is 0 Å². The fraction of sp³-hybridized carbons (Fsp3) is 0.643. The van der Waals surface area contributed by atoms with E-state index in [1.54, 1.807) is 19.4 Å². The lowest BCUT2D eigenvalue weighted by molar-refractivity contribution is -0.122. The zero-order chi connectivity index (χ0) is 15.1. The molecule has 2 rings (SSSR count). The predicted molar refractivity (Wildman–Crippen MR) is 87.0 cm³/mol. The fourth-order valence-electron chi connectivity index (χ4n) is 2.47. The maximum absolute atomic E-state index is 11.9. The van der Waals surface area contributed by atoms with Gasteiger partial charge in [0.15, 0.2) is 0 Å². The van der Waals surface area contributed by atoms with Crippen LogP contribution in [0.1, 0.15) is 32.1 Å². The topological polar surface area (TPSA) is 88.1 Å². The first-order chi connectivity index (χ1) is 10.2. The van der Waals surface area contributed by atoms with Crippen molar-refractivity contribution in [2.45, 2.75) is 44.7 Å². The highest BCUT2D eigenvalue weighted by Gasteiger charge is 2.17. The standard InChI is InChI=1S/C14H23N5O2.ClH/c1-15-7-6-13(20)18-12-8-16-19(9-12)10-14(21)17-11-4-2-3-5-11;/h8-9,11,15H,2-7,10H2,1H3,(H,17,21)(H,18,20);1H. The van der Waals surface area contributed by atoms with Gasteiger partial charge in [-0.1, -0.05) is 12.8 Å². The molecule has 1 aromatic heterocycles. The van der Waals surface area contributed by atoms with E-state index in [2.05, 4.69) is 21.0 Å². The molecule has 1 aliphatic rings. The number of hydrogen-bond donors (Lipinski definition) is 3. The Labute approximate surface area is 136 Å². The van der Waals surface area contributed by atoms with E-state index in [4.69, 9.17) is 0 Å². The third-order valence-corrected chi connectivity index (χ3v) is 3.54. The van der Waals surface area contributed by atoms with Crippen LogP contribution in [0.3, 0.4) is 0 Å². The smallest absolute Gasteiger partial charge is 0.241 e. The number of nitrogens with zero attached hydrogens (tertiary/aromatic N) is 2. The molecule has 0 atom stereocenters. The number of amides is 2. The summed E-state index contributed by atoms with van der Waals surface area (Å²) < 4.78 is 1.54. The Kier molecular flexibility index (Phi) is 7.90. The zero-order valence-electron chi connectivity index (χ0n) is 12.8. The summed E-state index contributed by atoms with van der Waals surface area (Å²) in [6, 6.07) is 0.314. The van der Waals surface area contributed by atoms with E-state index >= 15 is 0 Å². The number of anilines is 1. The predicted octanol–water partition coefficient (Wildman–Crippen LogP) is 0.912. The lowest BCUT2D eigenvalue weighted by Crippen LogP contribution is -2.35. The molecule has 0 radical (unpaired) electrons. The summed E-state index contributed by atoms with van der Waals surface area (Å²) in [5.74, 6) is -0.0997. The molecule has 0 aromatic carbocycles. The van der Waals surface area contributed by atoms with Gasteiger partial charge in [0.25, 0.3) is 0 Å². The quantitative estimate of drug-likeness (QED) is 0.694. The van der Waals surface area contributed by atoms with Gasteiger partial charge in [0.2, 0.25) is 11.8 Å². The SMILES string of the molecule is CNCCC(=O)Nc1cnn(CC(=O)NC2CCCC2)c1.Cl. The number of hydrogen-bond acceptors (Lipinski definition) is 4. The Hall–Kier alpha value is -1.60. The Morgan fingerprint density at radius 3 is 2.73 bits per heavy atom. The summed E-state index contributed by atoms with van der Waals surface area (Å²) in [5, 5.41) is 12.8. The molecule has 0 aliphatic heterocycles. The minimum absolute atomic E-state index is 0. The molecule has 22 heavy (non-hydrogen) atoms. The highest BCUT2D eigenvalue weighted by molar-refractivity contribution is 5.90. The van der Waals surface area contributed by atoms with Crippen LogP contribution in [-0.4, -0.2) is 41.2 Å². The average molecular weight is 330 g/mol. The fourth-order valence-corrected chi connectivity index (χ4v) is 2.47. The van der Waals surface area contributed by atoms with Crippen LogP contribution in [0.4, 0.5) is 5.69 Å². The van der Waals surface area contributed by atoms with Crippen molar-refractivity contribution < 1.29 is 9.59 Å². The molecule has 7 nitrogen and oxygen atoms in total. The van der Waals surface area contributed by atoms with E-state index in [-0.39, 0.29) is 30.8 Å². The van der Waals surface area contributed by atoms with Crippen LogP contribution in [0.15, 0.2) is 12.4 Å². The first-order valence-electron chi connectivity index (χ1n) is 7.43. The summed E-state index contributed by atoms with van der Waals surface area (Å²) in [6.07, 6.45) is 8.15. The monoisotopic (exact) mass is 329 g/mol. The summed E-state index contributed by atoms with van der Waals surface area (Å²) >= 11 is 0. The van der Waals surface area contributed by atoms with Gasteiger partial charge in [-0.3, -0.25) is 14.3 Å². The summed E-state index contributed by atoms with van der Waals surface area (Å²) in [4.78, 5) is 23.4. The molecule has 2 amide bonds. The van der Waals surface area contributed by atoms with Gasteiger partial charge in [-0.15, -0.1) is 12.4 Å². The number of carbonyl (C=O) groups excluding carboxylic acids is 2. The molecule has 8 heteroatoms. The van der Waals surface area contributed by atoms with Crippen LogP contribution < -0.4 is 16.0 Å². The number of rotatable bonds is 7. The second-order valence-corrected chi connectivity index (χ2v) is 5.38. The first kappa shape index (κ1) is 18.4. The van der Waals surface area contributed by atoms with E-state index in [0.717, 1.165) is 12.8 Å². The summed E-state index contributed by atoms with van der Waals surface area (Å²) in [5.41, 5.74) is 0.616. The third-order valence-electron chi connectivity index (χ3n) is 3.54. The van der Waals surface area contributed by atoms with E-state index in [1.165, 1.54) is 17.5 Å². The first-order valence-corrected chi connectivity index (χ1v) is 7.43. The van der Waals surface area contributed by atoms with E-state index in [0.29, 0.717) is 24.7 Å². The highest BCUT2D eigenvalue weighted by Crippen LogP contribution is 2.17. The minimum atomic E-state index is -0.0701. The van der Waals surface area contributed by atoms with Crippen molar-refractivity contribution in [3.05, 3.63) is 12.4 Å². The Morgan fingerprint density at radius 1 is 1.32 bits per heavy atom. The van der Waals surface area contributed by atoms with Crippen LogP contribution in [0.2, 0.25) is 0 Å². The molecule has 1 aromatic rings. The Balaban J connectivity index is 0.00000242. The zero-order valence-corrected chi connectivity index (χ0v) is 13.6. The molecule has 0 saturated heterocycles. The molecule has 1 heterocycles. The normalized spacial score (nSPS) is 14.4. The van der Waals surface area contributed by atoms with E-state index < -0.39 is 0 Å². The molecule has 1 fully saturated rings. The molecular weight excluding hydrogens is 306 g/mol. The van der Waals surface area contributed by atoms with Crippen LogP contribution in [0.5, 0.6) is 0 Å². The number of halogens is 1. The van der Waals surface area contributed by atoms with Gasteiger partial charge in [-0.2, -0.15) is 5.10 Å². The summed E-state index contributed by atoms with van der Waals surface area (Å²) in [7, 11) is 1.80. The van der Waals surface area contributed by atoms with Crippen molar-refractivity contribution in [2.75, 3.05) is 18.9 Å². The maximum Gasteiger partial charge on any atom is 0.241 e. The maximum atomic E-state index is 11.9. The lowest BCUT2D eigenvalue weighted by Gasteiger charge is -2.11. The van der Waals surface area contributed by atoms with Crippen molar-refractivity contribution in [2.24, 2.45) is 0 Å². The highest BCUT2D eigenvalue weighted by atomic mass is 35.5. The molecule has 124 valence electrons. The van der Waals surface area contributed by atoms with E-state index in [1.807, 2.05) is 0 Å². The van der Waals surface area contributed by atoms with Gasteiger partial charge in [-0.25, -0.2) is 0 Å². The second-order valence-electron chi connectivity index (χ2n) is 5.38. The van der Waals surface area contributed by atoms with Crippen molar-refractivity contribution in [1.82, 2.24) is 20.4 Å². The Bertz CT molecular complexity index is 485. The average Bonchev–Trinajstić information content (AvgIpc) is 3.08. The van der Waals surface area contributed by atoms with Gasteiger partial charge in [0, 0.05) is 25.2 Å². The molecule has 3 N–H and O–H groups in total. The minimum Gasteiger partial charge on any atom is -0.352 e. The molecule has 1 saturated carbocycles. The van der Waals surface area contributed by atoms with E-state index in [9.17, 15) is 9.59 Å². The molecule has 0 bridgehead atoms. The molecule has 0 unspecified atom stereocenters. The van der Waals surface area contributed by atoms with Crippen LogP contribution in [-0.2, 0) is 16.1 Å². The van der Waals surface area contributed by atoms with Crippen LogP contribution in [0.25, 0.3) is 0 Å². The molecule has 1 aliphatic carbocycles. The largest absolute Gasteiger partial charge is 0.352 e. The van der Waals surface area contributed by atoms with Crippen LogP contribution in [0, 0.1) is 0 Å². The van der Waals surface area contributed by atoms with Gasteiger partial charge >= 0.3 is 0 Å². The van der Waals surface area contributed by atoms with Gasteiger partial charge in [0.05, 0.1) is 11.9 Å². The molecule has 0 spiro atoms. The van der Waals surface area contributed by atoms with Crippen molar-refractivity contribution in [1.29, 1.82) is 0 Å². The van der Waals surface area contributed by atoms with Crippen molar-refractivity contribution >= 4 is 29.9 Å². The number of nitrogens with one attached hydrogen (secondary N) is 3. The summed E-state index contributed by atoms with van der Waals surface area (Å²) in [6.45, 7) is 0.812. The van der Waals surface area contributed by atoms with Gasteiger partial charge in [-0.05, 0) is 19.9 Å². The van der Waals surface area contributed by atoms with Gasteiger partial charge < -0.3 is 16.0 Å². The number of aromatic nitrogens is 2. The second kappa shape index (κ2) is 9.42. The Morgan fingerprint density at radius 2 is 2.05 bits per heavy atom. The van der Waals surface area contributed by atoms with Gasteiger partial charge in [0.1, 0.15) is 6.54 Å². The van der Waals surface area contributed by atoms with Crippen LogP contribution >= 0.6 is 12.4 Å². The van der Waals surface area contributed by atoms with Crippen molar-refractivity contribution in [3.63, 3.8) is 0 Å². The molecular formula is C14H24ClN5O2. The third kappa shape index (κ3) is 6.03. The number of carbonyl (C=O) groups is 2. The lowest BCUT2D eigenvalue weighted by atomic mass is 10.2.